The highest BCUT2D eigenvalue weighted by atomic mass is 16.3. The van der Waals surface area contributed by atoms with E-state index in [-0.39, 0.29) is 0 Å². The van der Waals surface area contributed by atoms with Gasteiger partial charge in [-0.05, 0) is 111 Å². The smallest absolute Gasteiger partial charge is 0.143 e. The first-order chi connectivity index (χ1) is 28.2. The van der Waals surface area contributed by atoms with Crippen LogP contribution in [0.15, 0.2) is 211 Å². The number of hydrogen-bond acceptors (Lipinski definition) is 2. The number of anilines is 3. The third kappa shape index (κ3) is 4.99. The van der Waals surface area contributed by atoms with Gasteiger partial charge >= 0.3 is 0 Å². The van der Waals surface area contributed by atoms with Crippen molar-refractivity contribution >= 4 is 93.1 Å². The van der Waals surface area contributed by atoms with Crippen LogP contribution in [0.2, 0.25) is 0 Å². The molecule has 0 aliphatic carbocycles. The molecule has 0 saturated heterocycles. The average Bonchev–Trinajstić information content (AvgIpc) is 3.83. The first-order valence-electron chi connectivity index (χ1n) is 19.5. The molecular weight excluding hydrogens is 693 g/mol. The number of furan rings is 1. The third-order valence-electron chi connectivity index (χ3n) is 11.7. The van der Waals surface area contributed by atoms with Crippen LogP contribution in [0, 0.1) is 0 Å². The Kier molecular flexibility index (Phi) is 6.93. The predicted octanol–water partition coefficient (Wildman–Crippen LogP) is 15.3. The molecule has 0 unspecified atom stereocenters. The third-order valence-corrected chi connectivity index (χ3v) is 11.7. The van der Waals surface area contributed by atoms with Gasteiger partial charge in [0.25, 0.3) is 0 Å². The lowest BCUT2D eigenvalue weighted by molar-refractivity contribution is 0.672. The van der Waals surface area contributed by atoms with Crippen molar-refractivity contribution in [2.45, 2.75) is 0 Å². The first kappa shape index (κ1) is 31.7. The van der Waals surface area contributed by atoms with E-state index in [1.54, 1.807) is 0 Å². The number of para-hydroxylation sites is 1. The van der Waals surface area contributed by atoms with E-state index in [0.717, 1.165) is 50.1 Å². The van der Waals surface area contributed by atoms with Crippen LogP contribution in [-0.4, -0.2) is 4.57 Å². The largest absolute Gasteiger partial charge is 0.455 e. The molecule has 0 saturated carbocycles. The highest BCUT2D eigenvalue weighted by Gasteiger charge is 2.22. The Bertz CT molecular complexity index is 3530. The van der Waals surface area contributed by atoms with Gasteiger partial charge in [0.1, 0.15) is 11.2 Å². The monoisotopic (exact) mass is 726 g/mol. The van der Waals surface area contributed by atoms with Crippen LogP contribution >= 0.6 is 0 Å². The maximum absolute atomic E-state index is 6.72. The number of aromatic nitrogens is 1. The van der Waals surface area contributed by atoms with Gasteiger partial charge in [-0.25, -0.2) is 0 Å². The summed E-state index contributed by atoms with van der Waals surface area (Å²) in [7, 11) is 0. The summed E-state index contributed by atoms with van der Waals surface area (Å²) in [6, 6.07) is 74.6. The van der Waals surface area contributed by atoms with Crippen LogP contribution in [0.3, 0.4) is 0 Å². The van der Waals surface area contributed by atoms with Crippen molar-refractivity contribution in [3.8, 4) is 16.8 Å². The number of fused-ring (bicyclic) bond motifs is 10. The van der Waals surface area contributed by atoms with Crippen LogP contribution in [0.5, 0.6) is 0 Å². The van der Waals surface area contributed by atoms with Crippen molar-refractivity contribution in [2.75, 3.05) is 4.90 Å². The van der Waals surface area contributed by atoms with E-state index in [9.17, 15) is 0 Å². The molecule has 0 radical (unpaired) electrons. The molecule has 0 bridgehead atoms. The molecule has 12 aromatic rings. The zero-order valence-electron chi connectivity index (χ0n) is 30.9. The number of rotatable bonds is 5. The normalized spacial score (nSPS) is 11.9. The molecule has 3 nitrogen and oxygen atoms in total. The summed E-state index contributed by atoms with van der Waals surface area (Å²) < 4.78 is 9.12. The van der Waals surface area contributed by atoms with E-state index in [4.69, 9.17) is 4.42 Å². The SMILES string of the molecule is c1ccc2cc(-c3ccc(N(c4ccc5c(c4)c4ccccc4n5-c4ccc5ccccc5c4)c4cccc5oc6c7ccccc7ccc6c45)cc3)ccc2c1. The zero-order chi connectivity index (χ0) is 37.5. The van der Waals surface area contributed by atoms with Gasteiger partial charge < -0.3 is 13.9 Å². The molecule has 0 atom stereocenters. The minimum Gasteiger partial charge on any atom is -0.455 e. The van der Waals surface area contributed by atoms with E-state index >= 15 is 0 Å². The molecule has 12 rings (SSSR count). The summed E-state index contributed by atoms with van der Waals surface area (Å²) >= 11 is 0. The van der Waals surface area contributed by atoms with Crippen molar-refractivity contribution in [3.63, 3.8) is 0 Å². The quantitative estimate of drug-likeness (QED) is 0.176. The zero-order valence-corrected chi connectivity index (χ0v) is 30.9. The topological polar surface area (TPSA) is 21.3 Å². The predicted molar refractivity (Wildman–Crippen MR) is 241 cm³/mol. The van der Waals surface area contributed by atoms with Crippen molar-refractivity contribution in [2.24, 2.45) is 0 Å². The lowest BCUT2D eigenvalue weighted by Crippen LogP contribution is -2.10. The molecule has 0 N–H and O–H groups in total. The van der Waals surface area contributed by atoms with Crippen LogP contribution in [0.1, 0.15) is 0 Å². The maximum Gasteiger partial charge on any atom is 0.143 e. The lowest BCUT2D eigenvalue weighted by Gasteiger charge is -2.26. The van der Waals surface area contributed by atoms with Crippen LogP contribution in [0.25, 0.3) is 92.9 Å². The van der Waals surface area contributed by atoms with E-state index < -0.39 is 0 Å². The Labute approximate surface area is 328 Å². The van der Waals surface area contributed by atoms with Gasteiger partial charge in [-0.2, -0.15) is 0 Å². The minimum atomic E-state index is 0.866. The van der Waals surface area contributed by atoms with Crippen molar-refractivity contribution in [1.82, 2.24) is 4.57 Å². The second-order valence-electron chi connectivity index (χ2n) is 14.9. The van der Waals surface area contributed by atoms with Crippen LogP contribution in [-0.2, 0) is 0 Å². The van der Waals surface area contributed by atoms with Gasteiger partial charge in [-0.3, -0.25) is 0 Å². The molecule has 0 spiro atoms. The van der Waals surface area contributed by atoms with Crippen molar-refractivity contribution in [1.29, 1.82) is 0 Å². The van der Waals surface area contributed by atoms with E-state index in [1.807, 2.05) is 0 Å². The Morgan fingerprint density at radius 2 is 1.00 bits per heavy atom. The molecule has 10 aromatic carbocycles. The number of hydrogen-bond donors (Lipinski definition) is 0. The summed E-state index contributed by atoms with van der Waals surface area (Å²) in [6.07, 6.45) is 0. The summed E-state index contributed by atoms with van der Waals surface area (Å²) in [5, 5.41) is 11.8. The van der Waals surface area contributed by atoms with Crippen LogP contribution in [0.4, 0.5) is 17.1 Å². The molecule has 266 valence electrons. The number of nitrogens with zero attached hydrogens (tertiary/aromatic N) is 2. The van der Waals surface area contributed by atoms with Gasteiger partial charge in [0, 0.05) is 38.6 Å². The standard InChI is InChI=1S/C54H34N2O/c1-3-13-39-32-41(21-20-35(39)10-1)37-22-26-42(27-23-37)55(51-18-9-19-52-53(51)47-30-25-38-12-5-6-15-45(38)54(47)57-52)44-29-31-50-48(34-44)46-16-7-8-17-49(46)56(50)43-28-24-36-11-2-4-14-40(36)33-43/h1-34H. The molecular formula is C54H34N2O. The maximum atomic E-state index is 6.72. The van der Waals surface area contributed by atoms with Gasteiger partial charge in [0.15, 0.2) is 0 Å². The van der Waals surface area contributed by atoms with Gasteiger partial charge in [0.05, 0.1) is 22.1 Å². The fraction of sp³-hybridized carbons (Fsp3) is 0. The van der Waals surface area contributed by atoms with Gasteiger partial charge in [-0.15, -0.1) is 0 Å². The Morgan fingerprint density at radius 1 is 0.368 bits per heavy atom. The molecule has 0 aliphatic rings. The van der Waals surface area contributed by atoms with Crippen molar-refractivity contribution in [3.05, 3.63) is 206 Å². The summed E-state index contributed by atoms with van der Waals surface area (Å²) in [5.74, 6) is 0. The van der Waals surface area contributed by atoms with E-state index in [2.05, 4.69) is 216 Å². The highest BCUT2D eigenvalue weighted by molar-refractivity contribution is 6.20. The van der Waals surface area contributed by atoms with Crippen LogP contribution < -0.4 is 4.90 Å². The van der Waals surface area contributed by atoms with Gasteiger partial charge in [0.2, 0.25) is 0 Å². The molecule has 0 aliphatic heterocycles. The number of benzene rings is 10. The van der Waals surface area contributed by atoms with E-state index in [0.29, 0.717) is 0 Å². The fourth-order valence-electron chi connectivity index (χ4n) is 9.01. The fourth-order valence-corrected chi connectivity index (χ4v) is 9.01. The summed E-state index contributed by atoms with van der Waals surface area (Å²) in [4.78, 5) is 2.40. The first-order valence-corrected chi connectivity index (χ1v) is 19.5. The Hall–Kier alpha value is -7.62. The Balaban J connectivity index is 1.08. The molecule has 2 aromatic heterocycles. The molecule has 0 amide bonds. The van der Waals surface area contributed by atoms with E-state index in [1.165, 1.54) is 59.9 Å². The molecule has 57 heavy (non-hydrogen) atoms. The summed E-state index contributed by atoms with van der Waals surface area (Å²) in [5.41, 5.74) is 10.9. The molecule has 2 heterocycles. The average molecular weight is 727 g/mol. The molecule has 0 fully saturated rings. The van der Waals surface area contributed by atoms with Crippen molar-refractivity contribution < 1.29 is 4.42 Å². The highest BCUT2D eigenvalue weighted by Crippen LogP contribution is 2.46. The Morgan fingerprint density at radius 3 is 1.82 bits per heavy atom. The van der Waals surface area contributed by atoms with Gasteiger partial charge in [-0.1, -0.05) is 133 Å². The lowest BCUT2D eigenvalue weighted by atomic mass is 10.0. The second kappa shape index (κ2) is 12.5. The molecule has 3 heteroatoms. The summed E-state index contributed by atoms with van der Waals surface area (Å²) in [6.45, 7) is 0. The second-order valence-corrected chi connectivity index (χ2v) is 14.9. The minimum absolute atomic E-state index is 0.866.